The standard InChI is InChI=1S/C29H42N8O5.C24H23NO5/c30-16-8-7-15-24(25(32)38)37(29(41)42-19-21-12-5-2-6-13-21)27(40)23(18-20-10-3-1-4-11-20)36-26(39)22(31)14-9-17-35-28(33)34;26-21-13-11-18(12-14-21)15-22(23(27)29-16-19-7-3-1-4-8-19)25-24(28)30-17-20-9-5-2-6-10-20/h1-6,10-13,22-24H,7-9,14-19,30-31H2,(H2,32,38)(H,36,39)(H4,33,34,35);1-14,22,26H,15-17H2,(H,25,28)/t22-,23+,24+;22-/m10/s1. The van der Waals surface area contributed by atoms with Crippen molar-refractivity contribution in [1.82, 2.24) is 15.5 Å². The number of esters is 1. The van der Waals surface area contributed by atoms with E-state index in [0.717, 1.165) is 16.7 Å². The van der Waals surface area contributed by atoms with E-state index in [1.54, 1.807) is 66.7 Å². The van der Waals surface area contributed by atoms with Crippen LogP contribution < -0.4 is 39.3 Å². The number of aliphatic imine (C=N–C) groups is 1. The third-order valence-corrected chi connectivity index (χ3v) is 10.8. The summed E-state index contributed by atoms with van der Waals surface area (Å²) >= 11 is 0. The Morgan fingerprint density at radius 2 is 1.06 bits per heavy atom. The van der Waals surface area contributed by atoms with Gasteiger partial charge in [-0.15, -0.1) is 0 Å². The fourth-order valence-corrected chi connectivity index (χ4v) is 6.98. The quantitative estimate of drug-likeness (QED) is 0.0134. The summed E-state index contributed by atoms with van der Waals surface area (Å²) < 4.78 is 16.1. The molecule has 0 radical (unpaired) electrons. The predicted molar refractivity (Wildman–Crippen MR) is 271 cm³/mol. The Bertz CT molecular complexity index is 2470. The maximum absolute atomic E-state index is 14.1. The van der Waals surface area contributed by atoms with Crippen LogP contribution in [0.3, 0.4) is 0 Å². The smallest absolute Gasteiger partial charge is 0.417 e. The van der Waals surface area contributed by atoms with E-state index in [1.807, 2.05) is 66.7 Å². The number of nitrogens with one attached hydrogen (secondary N) is 2. The summed E-state index contributed by atoms with van der Waals surface area (Å²) in [6, 6.07) is 38.2. The van der Waals surface area contributed by atoms with E-state index >= 15 is 0 Å². The number of ether oxygens (including phenoxy) is 3. The van der Waals surface area contributed by atoms with E-state index in [0.29, 0.717) is 41.8 Å². The summed E-state index contributed by atoms with van der Waals surface area (Å²) in [6.07, 6.45) is 0.160. The van der Waals surface area contributed by atoms with Gasteiger partial charge in [-0.1, -0.05) is 133 Å². The van der Waals surface area contributed by atoms with E-state index in [-0.39, 0.29) is 63.8 Å². The number of carbonyl (C=O) groups is 6. The summed E-state index contributed by atoms with van der Waals surface area (Å²) in [7, 11) is 0. The summed E-state index contributed by atoms with van der Waals surface area (Å²) in [5.74, 6) is -2.88. The van der Waals surface area contributed by atoms with Crippen molar-refractivity contribution in [1.29, 1.82) is 0 Å². The molecule has 72 heavy (non-hydrogen) atoms. The largest absolute Gasteiger partial charge is 0.508 e. The van der Waals surface area contributed by atoms with Crippen LogP contribution in [0.15, 0.2) is 151 Å². The van der Waals surface area contributed by atoms with Gasteiger partial charge in [-0.2, -0.15) is 0 Å². The second-order valence-corrected chi connectivity index (χ2v) is 16.5. The van der Waals surface area contributed by atoms with Crippen LogP contribution in [-0.4, -0.2) is 89.1 Å². The number of imide groups is 1. The van der Waals surface area contributed by atoms with Gasteiger partial charge in [0.25, 0.3) is 5.91 Å². The highest BCUT2D eigenvalue weighted by Crippen LogP contribution is 2.18. The number of carbonyl (C=O) groups excluding carboxylic acids is 6. The normalized spacial score (nSPS) is 12.2. The molecule has 19 heteroatoms. The molecule has 19 nitrogen and oxygen atoms in total. The molecule has 5 aromatic carbocycles. The maximum Gasteiger partial charge on any atom is 0.417 e. The number of primary amides is 1. The zero-order chi connectivity index (χ0) is 52.1. The van der Waals surface area contributed by atoms with Crippen LogP contribution in [0.25, 0.3) is 0 Å². The summed E-state index contributed by atoms with van der Waals surface area (Å²) in [5.41, 5.74) is 31.9. The number of rotatable bonds is 25. The first-order chi connectivity index (χ1) is 34.7. The van der Waals surface area contributed by atoms with Crippen LogP contribution >= 0.6 is 0 Å². The number of aromatic hydroxyl groups is 1. The number of phenolic OH excluding ortho intramolecular Hbond substituents is 1. The second kappa shape index (κ2) is 31.0. The Hall–Kier alpha value is -8.29. The minimum atomic E-state index is -1.32. The van der Waals surface area contributed by atoms with Crippen molar-refractivity contribution in [3.05, 3.63) is 173 Å². The first-order valence-corrected chi connectivity index (χ1v) is 23.4. The minimum Gasteiger partial charge on any atom is -0.508 e. The van der Waals surface area contributed by atoms with Crippen LogP contribution in [-0.2, 0) is 66.1 Å². The Labute approximate surface area is 419 Å². The first-order valence-electron chi connectivity index (χ1n) is 23.4. The van der Waals surface area contributed by atoms with Crippen molar-refractivity contribution in [2.24, 2.45) is 33.7 Å². The average Bonchev–Trinajstić information content (AvgIpc) is 3.39. The topological polar surface area (TPSA) is 320 Å². The molecular weight excluding hydrogens is 923 g/mol. The number of amides is 5. The maximum atomic E-state index is 14.1. The van der Waals surface area contributed by atoms with Crippen LogP contribution in [0, 0.1) is 0 Å². The third-order valence-electron chi connectivity index (χ3n) is 10.8. The third kappa shape index (κ3) is 20.7. The number of alkyl carbamates (subject to hydrolysis) is 1. The fraction of sp³-hybridized carbons (Fsp3) is 0.302. The minimum absolute atomic E-state index is 0.0167. The highest BCUT2D eigenvalue weighted by atomic mass is 16.6. The molecule has 0 bridgehead atoms. The van der Waals surface area contributed by atoms with Gasteiger partial charge in [0.15, 0.2) is 5.96 Å². The first kappa shape index (κ1) is 56.3. The summed E-state index contributed by atoms with van der Waals surface area (Å²) in [5, 5.41) is 14.7. The predicted octanol–water partition coefficient (Wildman–Crippen LogP) is 4.22. The van der Waals surface area contributed by atoms with Crippen molar-refractivity contribution in [3.8, 4) is 5.75 Å². The molecule has 382 valence electrons. The molecule has 13 N–H and O–H groups in total. The summed E-state index contributed by atoms with van der Waals surface area (Å²) in [6.45, 7) is 0.684. The van der Waals surface area contributed by atoms with Gasteiger partial charge in [0.2, 0.25) is 11.8 Å². The van der Waals surface area contributed by atoms with E-state index in [1.165, 1.54) is 12.1 Å². The Morgan fingerprint density at radius 1 is 0.569 bits per heavy atom. The van der Waals surface area contributed by atoms with E-state index in [2.05, 4.69) is 15.6 Å². The number of unbranched alkanes of at least 4 members (excludes halogenated alkanes) is 1. The van der Waals surface area contributed by atoms with Crippen LogP contribution in [0.5, 0.6) is 5.75 Å². The molecule has 0 spiro atoms. The molecular formula is C53H65N9O10. The molecule has 5 amide bonds. The SMILES string of the molecule is NCCCC[C@@H](C(N)=O)N(C(=O)OCc1ccccc1)C(=O)[C@H](Cc1ccccc1)NC(=O)[C@H](N)CCCN=C(N)N.O=C(N[C@@H](Cc1ccc(O)cc1)C(=O)OCc1ccccc1)OCc1ccccc1. The molecule has 0 aliphatic rings. The monoisotopic (exact) mass is 987 g/mol. The van der Waals surface area contributed by atoms with Gasteiger partial charge in [0, 0.05) is 19.4 Å². The number of phenols is 1. The molecule has 0 saturated heterocycles. The lowest BCUT2D eigenvalue weighted by Crippen LogP contribution is -2.59. The Balaban J connectivity index is 0.000000329. The number of hydrogen-bond donors (Lipinski definition) is 8. The second-order valence-electron chi connectivity index (χ2n) is 16.5. The zero-order valence-corrected chi connectivity index (χ0v) is 40.1. The fourth-order valence-electron chi connectivity index (χ4n) is 6.98. The van der Waals surface area contributed by atoms with Crippen molar-refractivity contribution in [2.45, 2.75) is 88.9 Å². The average molecular weight is 988 g/mol. The lowest BCUT2D eigenvalue weighted by atomic mass is 10.0. The number of hydrogen-bond acceptors (Lipinski definition) is 13. The van der Waals surface area contributed by atoms with E-state index < -0.39 is 60.0 Å². The van der Waals surface area contributed by atoms with E-state index in [4.69, 9.17) is 42.9 Å². The van der Waals surface area contributed by atoms with Crippen molar-refractivity contribution in [2.75, 3.05) is 13.1 Å². The van der Waals surface area contributed by atoms with Gasteiger partial charge in [-0.25, -0.2) is 19.3 Å². The lowest BCUT2D eigenvalue weighted by Gasteiger charge is -2.31. The van der Waals surface area contributed by atoms with Gasteiger partial charge in [-0.3, -0.25) is 19.4 Å². The summed E-state index contributed by atoms with van der Waals surface area (Å²) in [4.78, 5) is 82.6. The number of nitrogens with zero attached hydrogens (tertiary/aromatic N) is 2. The molecule has 0 heterocycles. The molecule has 0 fully saturated rings. The molecule has 0 aliphatic heterocycles. The highest BCUT2D eigenvalue weighted by molar-refractivity contribution is 6.01. The number of guanidine groups is 1. The van der Waals surface area contributed by atoms with Gasteiger partial charge < -0.3 is 58.6 Å². The molecule has 0 aliphatic carbocycles. The van der Waals surface area contributed by atoms with Crippen molar-refractivity contribution >= 4 is 41.8 Å². The Morgan fingerprint density at radius 3 is 1.57 bits per heavy atom. The van der Waals surface area contributed by atoms with E-state index in [9.17, 15) is 33.9 Å². The van der Waals surface area contributed by atoms with Crippen LogP contribution in [0.4, 0.5) is 9.59 Å². The van der Waals surface area contributed by atoms with Gasteiger partial charge >= 0.3 is 18.2 Å². The number of benzene rings is 5. The van der Waals surface area contributed by atoms with Crippen molar-refractivity contribution in [3.63, 3.8) is 0 Å². The molecule has 4 atom stereocenters. The Kier molecular flexibility index (Phi) is 24.3. The molecule has 0 unspecified atom stereocenters. The van der Waals surface area contributed by atoms with Gasteiger partial charge in [0.05, 0.1) is 6.04 Å². The van der Waals surface area contributed by atoms with Gasteiger partial charge in [-0.05, 0) is 78.6 Å². The molecule has 0 aromatic heterocycles. The van der Waals surface area contributed by atoms with Crippen molar-refractivity contribution < 1.29 is 48.1 Å². The number of nitrogens with two attached hydrogens (primary N) is 5. The zero-order valence-electron chi connectivity index (χ0n) is 40.1. The molecule has 0 saturated carbocycles. The molecule has 5 aromatic rings. The highest BCUT2D eigenvalue weighted by Gasteiger charge is 2.39. The van der Waals surface area contributed by atoms with Crippen LogP contribution in [0.2, 0.25) is 0 Å². The van der Waals surface area contributed by atoms with Crippen LogP contribution in [0.1, 0.15) is 59.9 Å². The van der Waals surface area contributed by atoms with Gasteiger partial charge in [0.1, 0.15) is 43.7 Å². The molecule has 5 rings (SSSR count). The lowest BCUT2D eigenvalue weighted by molar-refractivity contribution is -0.147.